The van der Waals surface area contributed by atoms with Gasteiger partial charge in [-0.05, 0) is 68.1 Å². The highest BCUT2D eigenvalue weighted by molar-refractivity contribution is 7.46. The first-order chi connectivity index (χ1) is 17.1. The van der Waals surface area contributed by atoms with Crippen LogP contribution in [0, 0.1) is 18.8 Å². The van der Waals surface area contributed by atoms with Gasteiger partial charge in [0, 0.05) is 36.9 Å². The van der Waals surface area contributed by atoms with E-state index in [2.05, 4.69) is 20.5 Å². The third-order valence-electron chi connectivity index (χ3n) is 7.27. The number of aromatic nitrogens is 2. The molecule has 2 atom stereocenters. The zero-order chi connectivity index (χ0) is 25.4. The smallest absolute Gasteiger partial charge is 0.365 e. The third kappa shape index (κ3) is 6.18. The van der Waals surface area contributed by atoms with Gasteiger partial charge in [-0.1, -0.05) is 23.7 Å². The fourth-order valence-electron chi connectivity index (χ4n) is 5.09. The van der Waals surface area contributed by atoms with Crippen LogP contribution in [0.3, 0.4) is 0 Å². The van der Waals surface area contributed by atoms with Gasteiger partial charge in [0.25, 0.3) is 5.91 Å². The molecule has 1 aromatic heterocycles. The second-order valence-corrected chi connectivity index (χ2v) is 11.7. The van der Waals surface area contributed by atoms with Gasteiger partial charge in [-0.2, -0.15) is 4.98 Å². The van der Waals surface area contributed by atoms with Crippen LogP contribution in [0.1, 0.15) is 53.6 Å². The van der Waals surface area contributed by atoms with Gasteiger partial charge in [0.2, 0.25) is 5.95 Å². The lowest BCUT2D eigenvalue weighted by atomic mass is 9.93. The number of nitrogens with zero attached hydrogens (tertiary/aromatic N) is 3. The Morgan fingerprint density at radius 2 is 1.94 bits per heavy atom. The number of phosphoric acid groups is 1. The van der Waals surface area contributed by atoms with Gasteiger partial charge < -0.3 is 25.3 Å². The van der Waals surface area contributed by atoms with Gasteiger partial charge in [-0.25, -0.2) is 9.55 Å². The molecule has 2 saturated carbocycles. The molecule has 12 heteroatoms. The molecule has 4 N–H and O–H groups in total. The third-order valence-corrected chi connectivity index (χ3v) is 8.25. The SMILES string of the molecule is Cc1ccc(CNc2nc(N3CC4CC4C3)ncc2C(=O)NC2CCC(OP(=O)(O)O)CC2)cc1Cl. The van der Waals surface area contributed by atoms with Crippen molar-refractivity contribution in [2.24, 2.45) is 11.8 Å². The molecular weight excluding hydrogens is 505 g/mol. The highest BCUT2D eigenvalue weighted by Gasteiger charge is 2.46. The number of halogens is 1. The van der Waals surface area contributed by atoms with Crippen molar-refractivity contribution in [1.29, 1.82) is 0 Å². The molecule has 0 spiro atoms. The summed E-state index contributed by atoms with van der Waals surface area (Å²) in [6.07, 6.45) is 4.40. The van der Waals surface area contributed by atoms with Crippen molar-refractivity contribution in [2.45, 2.75) is 57.7 Å². The number of benzene rings is 1. The monoisotopic (exact) mass is 535 g/mol. The molecule has 0 radical (unpaired) electrons. The van der Waals surface area contributed by atoms with Crippen molar-refractivity contribution in [3.8, 4) is 0 Å². The van der Waals surface area contributed by atoms with Gasteiger partial charge in [0.1, 0.15) is 11.4 Å². The van der Waals surface area contributed by atoms with Crippen LogP contribution >= 0.6 is 19.4 Å². The Morgan fingerprint density at radius 1 is 1.22 bits per heavy atom. The summed E-state index contributed by atoms with van der Waals surface area (Å²) in [5.41, 5.74) is 2.33. The van der Waals surface area contributed by atoms with Crippen molar-refractivity contribution < 1.29 is 23.7 Å². The minimum Gasteiger partial charge on any atom is -0.365 e. The topological polar surface area (TPSA) is 137 Å². The number of fused-ring (bicyclic) bond motifs is 1. The lowest BCUT2D eigenvalue weighted by Crippen LogP contribution is -2.39. The summed E-state index contributed by atoms with van der Waals surface area (Å²) in [6.45, 7) is 4.30. The zero-order valence-electron chi connectivity index (χ0n) is 20.1. The van der Waals surface area contributed by atoms with Gasteiger partial charge in [0.05, 0.1) is 6.10 Å². The van der Waals surface area contributed by atoms with E-state index in [1.165, 1.54) is 6.42 Å². The number of phosphoric ester groups is 1. The van der Waals surface area contributed by atoms with E-state index in [4.69, 9.17) is 30.9 Å². The molecule has 0 bridgehead atoms. The van der Waals surface area contributed by atoms with Crippen LogP contribution in [0.25, 0.3) is 0 Å². The van der Waals surface area contributed by atoms with Gasteiger partial charge >= 0.3 is 7.82 Å². The minimum atomic E-state index is -4.51. The number of aryl methyl sites for hydroxylation is 1. The number of nitrogens with one attached hydrogen (secondary N) is 2. The molecule has 1 saturated heterocycles. The Kier molecular flexibility index (Phi) is 7.25. The molecule has 2 aromatic rings. The zero-order valence-corrected chi connectivity index (χ0v) is 21.7. The van der Waals surface area contributed by atoms with Crippen molar-refractivity contribution in [3.63, 3.8) is 0 Å². The molecule has 36 heavy (non-hydrogen) atoms. The quantitative estimate of drug-likeness (QED) is 0.373. The van der Waals surface area contributed by atoms with Crippen molar-refractivity contribution in [3.05, 3.63) is 46.1 Å². The first-order valence-electron chi connectivity index (χ1n) is 12.3. The first kappa shape index (κ1) is 25.4. The summed E-state index contributed by atoms with van der Waals surface area (Å²) in [4.78, 5) is 42.7. The van der Waals surface area contributed by atoms with E-state index in [0.717, 1.165) is 36.1 Å². The molecule has 1 amide bonds. The number of hydrogen-bond acceptors (Lipinski definition) is 7. The van der Waals surface area contributed by atoms with E-state index in [-0.39, 0.29) is 11.9 Å². The van der Waals surface area contributed by atoms with E-state index >= 15 is 0 Å². The lowest BCUT2D eigenvalue weighted by molar-refractivity contribution is 0.0820. The Bertz CT molecular complexity index is 1180. The fourth-order valence-corrected chi connectivity index (χ4v) is 5.89. The molecule has 10 nitrogen and oxygen atoms in total. The molecule has 194 valence electrons. The maximum Gasteiger partial charge on any atom is 0.469 e. The van der Waals surface area contributed by atoms with Crippen LogP contribution in [0.15, 0.2) is 24.4 Å². The number of hydrogen-bond donors (Lipinski definition) is 4. The normalized spacial score (nSPS) is 25.4. The van der Waals surface area contributed by atoms with E-state index in [1.54, 1.807) is 6.20 Å². The summed E-state index contributed by atoms with van der Waals surface area (Å²) in [5.74, 6) is 2.26. The van der Waals surface area contributed by atoms with E-state index < -0.39 is 13.9 Å². The average molecular weight is 536 g/mol. The molecule has 1 aromatic carbocycles. The predicted molar refractivity (Wildman–Crippen MR) is 136 cm³/mol. The van der Waals surface area contributed by atoms with Gasteiger partial charge in [-0.15, -0.1) is 0 Å². The van der Waals surface area contributed by atoms with E-state index in [1.807, 2.05) is 25.1 Å². The van der Waals surface area contributed by atoms with Crippen LogP contribution in [-0.2, 0) is 15.6 Å². The summed E-state index contributed by atoms with van der Waals surface area (Å²) in [6, 6.07) is 5.73. The predicted octanol–water partition coefficient (Wildman–Crippen LogP) is 3.66. The fraction of sp³-hybridized carbons (Fsp3) is 0.542. The van der Waals surface area contributed by atoms with E-state index in [9.17, 15) is 9.36 Å². The number of carbonyl (C=O) groups is 1. The number of anilines is 2. The number of amides is 1. The van der Waals surface area contributed by atoms with Gasteiger partial charge in [-0.3, -0.25) is 9.32 Å². The van der Waals surface area contributed by atoms with Crippen molar-refractivity contribution >= 4 is 37.1 Å². The van der Waals surface area contributed by atoms with Crippen molar-refractivity contribution in [2.75, 3.05) is 23.3 Å². The highest BCUT2D eigenvalue weighted by Crippen LogP contribution is 2.45. The molecule has 2 heterocycles. The van der Waals surface area contributed by atoms with Crippen LogP contribution in [0.5, 0.6) is 0 Å². The average Bonchev–Trinajstić information content (AvgIpc) is 3.44. The highest BCUT2D eigenvalue weighted by atomic mass is 35.5. The Balaban J connectivity index is 1.28. The Labute approximate surface area is 215 Å². The standard InChI is InChI=1S/C24H31ClN5O5P/c1-14-2-3-15(8-21(14)25)10-26-22-20(11-27-24(29-22)30-12-16-9-17(16)13-30)23(31)28-18-4-6-19(7-5-18)35-36(32,33)34/h2-3,8,11,16-19H,4-7,9-10,12-13H2,1H3,(H,28,31)(H,26,27,29)(H2,32,33,34). The minimum absolute atomic E-state index is 0.122. The summed E-state index contributed by atoms with van der Waals surface area (Å²) < 4.78 is 15.9. The molecule has 5 rings (SSSR count). The Morgan fingerprint density at radius 3 is 2.61 bits per heavy atom. The number of carbonyl (C=O) groups excluding carboxylic acids is 1. The largest absolute Gasteiger partial charge is 0.469 e. The lowest BCUT2D eigenvalue weighted by Gasteiger charge is -2.29. The summed E-state index contributed by atoms with van der Waals surface area (Å²) in [5, 5.41) is 7.03. The second kappa shape index (κ2) is 10.3. The van der Waals surface area contributed by atoms with E-state index in [0.29, 0.717) is 54.6 Å². The summed E-state index contributed by atoms with van der Waals surface area (Å²) >= 11 is 6.28. The van der Waals surface area contributed by atoms with Crippen molar-refractivity contribution in [1.82, 2.24) is 15.3 Å². The molecular formula is C24H31ClN5O5P. The van der Waals surface area contributed by atoms with Crippen LogP contribution in [-0.4, -0.2) is 50.9 Å². The molecule has 3 fully saturated rings. The second-order valence-electron chi connectivity index (χ2n) is 10.1. The first-order valence-corrected chi connectivity index (χ1v) is 14.2. The molecule has 3 aliphatic rings. The Hall–Kier alpha value is -2.23. The number of rotatable bonds is 8. The maximum atomic E-state index is 13.2. The maximum absolute atomic E-state index is 13.2. The number of piperidine rings is 1. The molecule has 2 unspecified atom stereocenters. The molecule has 1 aliphatic heterocycles. The van der Waals surface area contributed by atoms with Crippen LogP contribution in [0.4, 0.5) is 11.8 Å². The van der Waals surface area contributed by atoms with Crippen LogP contribution < -0.4 is 15.5 Å². The summed E-state index contributed by atoms with van der Waals surface area (Å²) in [7, 11) is -4.51. The van der Waals surface area contributed by atoms with Gasteiger partial charge in [0.15, 0.2) is 0 Å². The van der Waals surface area contributed by atoms with Crippen LogP contribution in [0.2, 0.25) is 5.02 Å². The molecule has 2 aliphatic carbocycles.